The number of benzene rings is 1. The van der Waals surface area contributed by atoms with Crippen molar-refractivity contribution in [2.45, 2.75) is 77.9 Å². The smallest absolute Gasteiger partial charge is 0.412 e. The summed E-state index contributed by atoms with van der Waals surface area (Å²) in [5.41, 5.74) is 11.8. The molecule has 1 unspecified atom stereocenters. The molecule has 0 aliphatic heterocycles. The topological polar surface area (TPSA) is 114 Å². The van der Waals surface area contributed by atoms with E-state index >= 15 is 0 Å². The van der Waals surface area contributed by atoms with Gasteiger partial charge >= 0.3 is 6.09 Å². The molecule has 4 rings (SSSR count). The van der Waals surface area contributed by atoms with Gasteiger partial charge in [0.1, 0.15) is 5.60 Å². The Morgan fingerprint density at radius 1 is 1.14 bits per heavy atom. The van der Waals surface area contributed by atoms with E-state index in [9.17, 15) is 9.90 Å². The van der Waals surface area contributed by atoms with Crippen LogP contribution in [0, 0.1) is 0 Å². The molecule has 1 aromatic carbocycles. The minimum absolute atomic E-state index is 0.0639. The van der Waals surface area contributed by atoms with Gasteiger partial charge in [-0.2, -0.15) is 0 Å². The second-order valence-electron chi connectivity index (χ2n) is 10.5. The van der Waals surface area contributed by atoms with E-state index in [0.29, 0.717) is 25.3 Å². The summed E-state index contributed by atoms with van der Waals surface area (Å²) in [6.07, 6.45) is 6.09. The lowest BCUT2D eigenvalue weighted by Crippen LogP contribution is -2.33. The largest absolute Gasteiger partial charge is 0.444 e. The number of carbonyl (C=O) groups excluding carboxylic acids is 1. The van der Waals surface area contributed by atoms with Gasteiger partial charge in [-0.1, -0.05) is 24.3 Å². The van der Waals surface area contributed by atoms with Crippen LogP contribution in [0.15, 0.2) is 54.9 Å². The fraction of sp³-hybridized carbons (Fsp3) is 0.414. The fourth-order valence-corrected chi connectivity index (χ4v) is 4.83. The van der Waals surface area contributed by atoms with Gasteiger partial charge in [0.2, 0.25) is 0 Å². The number of amides is 1. The Morgan fingerprint density at radius 3 is 2.68 bits per heavy atom. The summed E-state index contributed by atoms with van der Waals surface area (Å²) >= 11 is 0. The third-order valence-corrected chi connectivity index (χ3v) is 6.54. The summed E-state index contributed by atoms with van der Waals surface area (Å²) in [6.45, 7) is 6.93. The number of aliphatic hydroxyl groups excluding tert-OH is 1. The Bertz CT molecular complexity index is 1220. The minimum Gasteiger partial charge on any atom is -0.444 e. The average Bonchev–Trinajstić information content (AvgIpc) is 2.88. The first-order valence-electron chi connectivity index (χ1n) is 12.8. The molecular weight excluding hydrogens is 466 g/mol. The zero-order chi connectivity index (χ0) is 26.4. The number of aliphatic hydroxyl groups is 1. The number of carbonyl (C=O) groups is 1. The number of nitrogens with one attached hydrogen (secondary N) is 1. The Labute approximate surface area is 218 Å². The summed E-state index contributed by atoms with van der Waals surface area (Å²) in [5, 5.41) is 13.0. The van der Waals surface area contributed by atoms with E-state index in [1.165, 1.54) is 5.56 Å². The van der Waals surface area contributed by atoms with Crippen molar-refractivity contribution < 1.29 is 14.6 Å². The van der Waals surface area contributed by atoms with E-state index in [4.69, 9.17) is 15.5 Å². The standard InChI is InChI=1S/C29H37N5O3/c1-29(2,3)37-28(36)33-24-9-6-13-31-25(24)18-34(17-22-12-11-20(16-30)15-23(22)19-35)26-10-4-7-21-8-5-14-32-27(21)26/h5-6,8-9,11-15,26,35H,4,7,10,16-19,30H2,1-3H3,(H,33,36). The molecule has 1 aliphatic rings. The molecule has 8 heteroatoms. The van der Waals surface area contributed by atoms with Crippen molar-refractivity contribution in [2.75, 3.05) is 5.32 Å². The van der Waals surface area contributed by atoms with Crippen molar-refractivity contribution in [1.29, 1.82) is 0 Å². The van der Waals surface area contributed by atoms with E-state index in [1.54, 1.807) is 12.3 Å². The van der Waals surface area contributed by atoms with Crippen LogP contribution in [0.1, 0.15) is 73.3 Å². The van der Waals surface area contributed by atoms with Crippen LogP contribution in [-0.4, -0.2) is 31.7 Å². The van der Waals surface area contributed by atoms with Gasteiger partial charge < -0.3 is 15.6 Å². The molecule has 8 nitrogen and oxygen atoms in total. The van der Waals surface area contributed by atoms with E-state index in [1.807, 2.05) is 57.3 Å². The van der Waals surface area contributed by atoms with Crippen molar-refractivity contribution >= 4 is 11.8 Å². The molecule has 0 fully saturated rings. The zero-order valence-electron chi connectivity index (χ0n) is 21.9. The average molecular weight is 504 g/mol. The molecule has 3 aromatic rings. The van der Waals surface area contributed by atoms with Crippen LogP contribution in [0.5, 0.6) is 0 Å². The first-order chi connectivity index (χ1) is 17.8. The molecule has 1 aliphatic carbocycles. The van der Waals surface area contributed by atoms with E-state index < -0.39 is 11.7 Å². The molecule has 0 saturated heterocycles. The van der Waals surface area contributed by atoms with Crippen LogP contribution < -0.4 is 11.1 Å². The van der Waals surface area contributed by atoms with Gasteiger partial charge in [-0.3, -0.25) is 20.2 Å². The highest BCUT2D eigenvalue weighted by Gasteiger charge is 2.29. The Balaban J connectivity index is 1.68. The number of fused-ring (bicyclic) bond motifs is 1. The van der Waals surface area contributed by atoms with Crippen LogP contribution in [0.3, 0.4) is 0 Å². The molecule has 1 atom stereocenters. The quantitative estimate of drug-likeness (QED) is 0.402. The van der Waals surface area contributed by atoms with Gasteiger partial charge in [0.15, 0.2) is 0 Å². The maximum atomic E-state index is 12.5. The van der Waals surface area contributed by atoms with Crippen molar-refractivity contribution in [2.24, 2.45) is 5.73 Å². The van der Waals surface area contributed by atoms with Gasteiger partial charge in [-0.15, -0.1) is 0 Å². The van der Waals surface area contributed by atoms with E-state index in [2.05, 4.69) is 21.3 Å². The number of pyridine rings is 2. The predicted octanol–water partition coefficient (Wildman–Crippen LogP) is 4.85. The SMILES string of the molecule is CC(C)(C)OC(=O)Nc1cccnc1CN(Cc1ccc(CN)cc1CO)C1CCCc2cccnc21. The maximum Gasteiger partial charge on any atom is 0.412 e. The summed E-state index contributed by atoms with van der Waals surface area (Å²) in [5.74, 6) is 0. The lowest BCUT2D eigenvalue weighted by atomic mass is 9.90. The molecular formula is C29H37N5O3. The number of hydrogen-bond donors (Lipinski definition) is 3. The number of hydrogen-bond acceptors (Lipinski definition) is 7. The number of aryl methyl sites for hydroxylation is 1. The Morgan fingerprint density at radius 2 is 1.92 bits per heavy atom. The van der Waals surface area contributed by atoms with Crippen molar-refractivity contribution in [3.05, 3.63) is 88.5 Å². The predicted molar refractivity (Wildman–Crippen MR) is 144 cm³/mol. The van der Waals surface area contributed by atoms with Crippen LogP contribution in [0.4, 0.5) is 10.5 Å². The monoisotopic (exact) mass is 503 g/mol. The molecule has 196 valence electrons. The lowest BCUT2D eigenvalue weighted by molar-refractivity contribution is 0.0635. The molecule has 4 N–H and O–H groups in total. The molecule has 2 heterocycles. The van der Waals surface area contributed by atoms with Crippen LogP contribution in [0.2, 0.25) is 0 Å². The summed E-state index contributed by atoms with van der Waals surface area (Å²) in [6, 6.07) is 13.9. The molecule has 0 radical (unpaired) electrons. The van der Waals surface area contributed by atoms with Gasteiger partial charge in [0, 0.05) is 32.0 Å². The number of nitrogens with two attached hydrogens (primary N) is 1. The lowest BCUT2D eigenvalue weighted by Gasteiger charge is -2.35. The van der Waals surface area contributed by atoms with Crippen molar-refractivity contribution in [3.63, 3.8) is 0 Å². The Hall–Kier alpha value is -3.33. The summed E-state index contributed by atoms with van der Waals surface area (Å²) in [7, 11) is 0. The fourth-order valence-electron chi connectivity index (χ4n) is 4.83. The normalized spacial score (nSPS) is 15.4. The van der Waals surface area contributed by atoms with Crippen LogP contribution >= 0.6 is 0 Å². The minimum atomic E-state index is -0.605. The van der Waals surface area contributed by atoms with E-state index in [0.717, 1.165) is 47.3 Å². The molecule has 2 aromatic heterocycles. The zero-order valence-corrected chi connectivity index (χ0v) is 21.9. The summed E-state index contributed by atoms with van der Waals surface area (Å²) in [4.78, 5) is 24.3. The number of aromatic nitrogens is 2. The van der Waals surface area contributed by atoms with Gasteiger partial charge in [0.05, 0.1) is 29.7 Å². The highest BCUT2D eigenvalue weighted by Crippen LogP contribution is 2.35. The highest BCUT2D eigenvalue weighted by atomic mass is 16.6. The van der Waals surface area contributed by atoms with Gasteiger partial charge in [0.25, 0.3) is 0 Å². The molecule has 0 bridgehead atoms. The maximum absolute atomic E-state index is 12.5. The third-order valence-electron chi connectivity index (χ3n) is 6.54. The second-order valence-corrected chi connectivity index (χ2v) is 10.5. The molecule has 37 heavy (non-hydrogen) atoms. The van der Waals surface area contributed by atoms with Gasteiger partial charge in [-0.05, 0) is 80.5 Å². The third kappa shape index (κ3) is 6.91. The molecule has 0 saturated carbocycles. The molecule has 1 amide bonds. The summed E-state index contributed by atoms with van der Waals surface area (Å²) < 4.78 is 5.47. The molecule has 0 spiro atoms. The number of rotatable bonds is 8. The number of ether oxygens (including phenoxy) is 1. The van der Waals surface area contributed by atoms with Crippen molar-refractivity contribution in [1.82, 2.24) is 14.9 Å². The van der Waals surface area contributed by atoms with Crippen molar-refractivity contribution in [3.8, 4) is 0 Å². The first-order valence-corrected chi connectivity index (χ1v) is 12.8. The number of anilines is 1. The van der Waals surface area contributed by atoms with Crippen LogP contribution in [-0.2, 0) is 37.4 Å². The second kappa shape index (κ2) is 11.8. The van der Waals surface area contributed by atoms with Crippen LogP contribution in [0.25, 0.3) is 0 Å². The first kappa shape index (κ1) is 26.7. The Kier molecular flexibility index (Phi) is 8.53. The van der Waals surface area contributed by atoms with E-state index in [-0.39, 0.29) is 12.6 Å². The van der Waals surface area contributed by atoms with Gasteiger partial charge in [-0.25, -0.2) is 4.79 Å². The number of nitrogens with zero attached hydrogens (tertiary/aromatic N) is 3. The highest BCUT2D eigenvalue weighted by molar-refractivity contribution is 5.85.